The van der Waals surface area contributed by atoms with E-state index in [1.807, 2.05) is 31.2 Å². The van der Waals surface area contributed by atoms with Gasteiger partial charge in [0.05, 0.1) is 6.26 Å². The van der Waals surface area contributed by atoms with E-state index in [-0.39, 0.29) is 5.91 Å². The number of carbonyl (C=O) groups is 1. The Morgan fingerprint density at radius 3 is 2.83 bits per heavy atom. The fraction of sp³-hybridized carbons (Fsp3) is 0.154. The second-order valence-corrected chi connectivity index (χ2v) is 4.78. The summed E-state index contributed by atoms with van der Waals surface area (Å²) in [4.78, 5) is 12.7. The maximum atomic E-state index is 11.6. The van der Waals surface area contributed by atoms with Gasteiger partial charge < -0.3 is 4.42 Å². The molecule has 4 nitrogen and oxygen atoms in total. The molecule has 0 unspecified atom stereocenters. The fourth-order valence-corrected chi connectivity index (χ4v) is 2.59. The number of thioether (sulfide) groups is 1. The minimum Gasteiger partial charge on any atom is -0.468 e. The minimum atomic E-state index is -0.268. The van der Waals surface area contributed by atoms with Crippen molar-refractivity contribution < 1.29 is 9.21 Å². The molecule has 0 aliphatic heterocycles. The SMILES string of the molecule is Cc1occc1SCc1ccccc1C(=O)NN. The van der Waals surface area contributed by atoms with Crippen molar-refractivity contribution in [3.8, 4) is 0 Å². The highest BCUT2D eigenvalue weighted by Crippen LogP contribution is 2.27. The van der Waals surface area contributed by atoms with E-state index in [1.165, 1.54) is 0 Å². The lowest BCUT2D eigenvalue weighted by molar-refractivity contribution is 0.0953. The van der Waals surface area contributed by atoms with Gasteiger partial charge in [-0.15, -0.1) is 11.8 Å². The third-order valence-electron chi connectivity index (χ3n) is 2.59. The molecule has 0 atom stereocenters. The number of hydrogen-bond acceptors (Lipinski definition) is 4. The summed E-state index contributed by atoms with van der Waals surface area (Å²) < 4.78 is 5.23. The molecule has 1 heterocycles. The first-order valence-corrected chi connectivity index (χ1v) is 6.46. The topological polar surface area (TPSA) is 68.3 Å². The number of rotatable bonds is 4. The molecular formula is C13H14N2O2S. The highest BCUT2D eigenvalue weighted by molar-refractivity contribution is 7.98. The molecule has 1 amide bonds. The summed E-state index contributed by atoms with van der Waals surface area (Å²) in [7, 11) is 0. The van der Waals surface area contributed by atoms with E-state index in [4.69, 9.17) is 10.3 Å². The van der Waals surface area contributed by atoms with Crippen molar-refractivity contribution in [2.45, 2.75) is 17.6 Å². The van der Waals surface area contributed by atoms with Gasteiger partial charge in [-0.25, -0.2) is 5.84 Å². The van der Waals surface area contributed by atoms with Gasteiger partial charge in [-0.3, -0.25) is 10.2 Å². The second kappa shape index (κ2) is 5.75. The van der Waals surface area contributed by atoms with E-state index in [2.05, 4.69) is 5.43 Å². The third kappa shape index (κ3) is 2.75. The molecule has 18 heavy (non-hydrogen) atoms. The maximum absolute atomic E-state index is 11.6. The highest BCUT2D eigenvalue weighted by atomic mass is 32.2. The molecule has 1 aromatic carbocycles. The molecule has 0 spiro atoms. The van der Waals surface area contributed by atoms with Gasteiger partial charge in [-0.1, -0.05) is 18.2 Å². The lowest BCUT2D eigenvalue weighted by Gasteiger charge is -2.07. The Hall–Kier alpha value is -1.72. The van der Waals surface area contributed by atoms with Crippen molar-refractivity contribution in [2.75, 3.05) is 0 Å². The highest BCUT2D eigenvalue weighted by Gasteiger charge is 2.10. The van der Waals surface area contributed by atoms with Crippen molar-refractivity contribution in [1.29, 1.82) is 0 Å². The Bertz CT molecular complexity index is 551. The summed E-state index contributed by atoms with van der Waals surface area (Å²) in [5.74, 6) is 6.49. The molecule has 5 heteroatoms. The number of nitrogens with one attached hydrogen (secondary N) is 1. The number of amides is 1. The van der Waals surface area contributed by atoms with Crippen LogP contribution in [0.25, 0.3) is 0 Å². The molecule has 0 aliphatic carbocycles. The first kappa shape index (κ1) is 12.7. The summed E-state index contributed by atoms with van der Waals surface area (Å²) in [5, 5.41) is 0. The summed E-state index contributed by atoms with van der Waals surface area (Å²) in [6.07, 6.45) is 1.66. The minimum absolute atomic E-state index is 0.268. The number of benzene rings is 1. The number of carbonyl (C=O) groups excluding carboxylic acids is 1. The predicted octanol–water partition coefficient (Wildman–Crippen LogP) is 2.48. The van der Waals surface area contributed by atoms with Crippen LogP contribution in [0.1, 0.15) is 21.7 Å². The molecule has 0 saturated heterocycles. The average molecular weight is 262 g/mol. The Labute approximate surface area is 110 Å². The lowest BCUT2D eigenvalue weighted by atomic mass is 10.1. The van der Waals surface area contributed by atoms with Crippen LogP contribution in [-0.2, 0) is 5.75 Å². The largest absolute Gasteiger partial charge is 0.468 e. The van der Waals surface area contributed by atoms with E-state index in [0.29, 0.717) is 11.3 Å². The first-order chi connectivity index (χ1) is 8.72. The Kier molecular flexibility index (Phi) is 4.07. The third-order valence-corrected chi connectivity index (χ3v) is 3.78. The van der Waals surface area contributed by atoms with E-state index in [0.717, 1.165) is 16.2 Å². The molecule has 0 fully saturated rings. The number of hydrogen-bond donors (Lipinski definition) is 2. The molecule has 0 bridgehead atoms. The van der Waals surface area contributed by atoms with Gasteiger partial charge >= 0.3 is 0 Å². The molecule has 2 aromatic rings. The maximum Gasteiger partial charge on any atom is 0.265 e. The molecule has 0 radical (unpaired) electrons. The Morgan fingerprint density at radius 1 is 1.39 bits per heavy atom. The Morgan fingerprint density at radius 2 is 2.17 bits per heavy atom. The zero-order valence-corrected chi connectivity index (χ0v) is 10.8. The number of aryl methyl sites for hydroxylation is 1. The van der Waals surface area contributed by atoms with Gasteiger partial charge in [-0.05, 0) is 24.6 Å². The summed E-state index contributed by atoms with van der Waals surface area (Å²) in [6.45, 7) is 1.92. The summed E-state index contributed by atoms with van der Waals surface area (Å²) in [6, 6.07) is 9.34. The van der Waals surface area contributed by atoms with E-state index in [1.54, 1.807) is 24.1 Å². The molecule has 94 valence electrons. The van der Waals surface area contributed by atoms with Crippen molar-refractivity contribution in [3.05, 3.63) is 53.5 Å². The van der Waals surface area contributed by atoms with Gasteiger partial charge in [0.2, 0.25) is 0 Å². The average Bonchev–Trinajstić information content (AvgIpc) is 2.81. The van der Waals surface area contributed by atoms with Gasteiger partial charge in [0.25, 0.3) is 5.91 Å². The van der Waals surface area contributed by atoms with Crippen LogP contribution in [0.2, 0.25) is 0 Å². The van der Waals surface area contributed by atoms with Crippen LogP contribution in [0.3, 0.4) is 0 Å². The second-order valence-electron chi connectivity index (χ2n) is 3.76. The number of nitrogens with two attached hydrogens (primary N) is 1. The zero-order chi connectivity index (χ0) is 13.0. The predicted molar refractivity (Wildman–Crippen MR) is 71.1 cm³/mol. The van der Waals surface area contributed by atoms with Gasteiger partial charge in [0, 0.05) is 16.2 Å². The quantitative estimate of drug-likeness (QED) is 0.384. The monoisotopic (exact) mass is 262 g/mol. The molecule has 0 aliphatic rings. The van der Waals surface area contributed by atoms with Crippen molar-refractivity contribution in [2.24, 2.45) is 5.84 Å². The van der Waals surface area contributed by atoms with Crippen LogP contribution in [0, 0.1) is 6.92 Å². The molecule has 0 saturated carbocycles. The first-order valence-electron chi connectivity index (χ1n) is 5.48. The van der Waals surface area contributed by atoms with Crippen molar-refractivity contribution in [1.82, 2.24) is 5.43 Å². The Balaban J connectivity index is 2.14. The standard InChI is InChI=1S/C13H14N2O2S/c1-9-12(6-7-17-9)18-8-10-4-2-3-5-11(10)13(16)15-14/h2-7H,8,14H2,1H3,(H,15,16). The molecule has 1 aromatic heterocycles. The smallest absolute Gasteiger partial charge is 0.265 e. The molecule has 3 N–H and O–H groups in total. The van der Waals surface area contributed by atoms with Gasteiger partial charge in [-0.2, -0.15) is 0 Å². The number of furan rings is 1. The van der Waals surface area contributed by atoms with Crippen LogP contribution in [0.5, 0.6) is 0 Å². The molecular weight excluding hydrogens is 248 g/mol. The van der Waals surface area contributed by atoms with Gasteiger partial charge in [0.1, 0.15) is 5.76 Å². The van der Waals surface area contributed by atoms with Crippen molar-refractivity contribution in [3.63, 3.8) is 0 Å². The van der Waals surface area contributed by atoms with Gasteiger partial charge in [0.15, 0.2) is 0 Å². The number of hydrazine groups is 1. The van der Waals surface area contributed by atoms with E-state index in [9.17, 15) is 4.79 Å². The summed E-state index contributed by atoms with van der Waals surface area (Å²) in [5.41, 5.74) is 3.71. The molecule has 2 rings (SSSR count). The van der Waals surface area contributed by atoms with Crippen LogP contribution >= 0.6 is 11.8 Å². The van der Waals surface area contributed by atoms with Crippen LogP contribution in [0.4, 0.5) is 0 Å². The lowest BCUT2D eigenvalue weighted by Crippen LogP contribution is -2.30. The van der Waals surface area contributed by atoms with Crippen LogP contribution < -0.4 is 11.3 Å². The van der Waals surface area contributed by atoms with Crippen molar-refractivity contribution >= 4 is 17.7 Å². The summed E-state index contributed by atoms with van der Waals surface area (Å²) >= 11 is 1.63. The van der Waals surface area contributed by atoms with E-state index >= 15 is 0 Å². The van der Waals surface area contributed by atoms with Crippen LogP contribution in [-0.4, -0.2) is 5.91 Å². The normalized spacial score (nSPS) is 10.3. The number of nitrogen functional groups attached to an aromatic ring is 1. The van der Waals surface area contributed by atoms with E-state index < -0.39 is 0 Å². The van der Waals surface area contributed by atoms with Crippen LogP contribution in [0.15, 0.2) is 45.9 Å². The fourth-order valence-electron chi connectivity index (χ4n) is 1.62. The zero-order valence-electron chi connectivity index (χ0n) is 9.97.